The number of pyridine rings is 1. The summed E-state index contributed by atoms with van der Waals surface area (Å²) in [6.45, 7) is 2.08. The van der Waals surface area contributed by atoms with Crippen LogP contribution in [0.4, 0.5) is 0 Å². The molecule has 0 spiro atoms. The van der Waals surface area contributed by atoms with Gasteiger partial charge in [-0.1, -0.05) is 18.2 Å². The van der Waals surface area contributed by atoms with Crippen LogP contribution in [-0.4, -0.2) is 26.8 Å². The molecule has 4 rings (SSSR count). The van der Waals surface area contributed by atoms with Crippen molar-refractivity contribution in [1.29, 1.82) is 0 Å². The maximum atomic E-state index is 12.9. The number of rotatable bonds is 6. The Balaban J connectivity index is 1.46. The second-order valence-corrected chi connectivity index (χ2v) is 7.65. The molecule has 1 fully saturated rings. The van der Waals surface area contributed by atoms with Crippen molar-refractivity contribution in [3.8, 4) is 0 Å². The lowest BCUT2D eigenvalue weighted by Gasteiger charge is -2.29. The van der Waals surface area contributed by atoms with E-state index in [2.05, 4.69) is 23.0 Å². The molecule has 2 heterocycles. The molecule has 0 unspecified atom stereocenters. The zero-order valence-electron chi connectivity index (χ0n) is 14.3. The maximum absolute atomic E-state index is 12.9. The third-order valence-electron chi connectivity index (χ3n) is 4.65. The Morgan fingerprint density at radius 2 is 2.04 bits per heavy atom. The molecule has 5 heteroatoms. The van der Waals surface area contributed by atoms with Gasteiger partial charge in [0.25, 0.3) is 0 Å². The average Bonchev–Trinajstić information content (AvgIpc) is 3.38. The Morgan fingerprint density at radius 1 is 1.24 bits per heavy atom. The molecule has 128 valence electrons. The van der Waals surface area contributed by atoms with Crippen molar-refractivity contribution in [1.82, 2.24) is 14.9 Å². The summed E-state index contributed by atoms with van der Waals surface area (Å²) in [5.41, 5.74) is 1.98. The molecule has 1 atom stereocenters. The molecular formula is C20H21N3OS. The molecular weight excluding hydrogens is 330 g/mol. The monoisotopic (exact) mass is 351 g/mol. The fourth-order valence-electron chi connectivity index (χ4n) is 3.22. The van der Waals surface area contributed by atoms with Gasteiger partial charge in [-0.15, -0.1) is 11.3 Å². The van der Waals surface area contributed by atoms with Gasteiger partial charge in [0.1, 0.15) is 0 Å². The van der Waals surface area contributed by atoms with Gasteiger partial charge in [0.05, 0.1) is 27.0 Å². The Morgan fingerprint density at radius 3 is 2.76 bits per heavy atom. The molecule has 2 aromatic heterocycles. The molecule has 1 amide bonds. The molecule has 0 N–H and O–H groups in total. The number of aryl methyl sites for hydroxylation is 1. The number of thiazole rings is 1. The lowest BCUT2D eigenvalue weighted by molar-refractivity contribution is -0.134. The Labute approximate surface area is 151 Å². The van der Waals surface area contributed by atoms with E-state index >= 15 is 0 Å². The highest BCUT2D eigenvalue weighted by Gasteiger charge is 2.36. The molecule has 0 aliphatic heterocycles. The largest absolute Gasteiger partial charge is 0.331 e. The lowest BCUT2D eigenvalue weighted by Crippen LogP contribution is -2.36. The van der Waals surface area contributed by atoms with E-state index in [1.54, 1.807) is 17.5 Å². The summed E-state index contributed by atoms with van der Waals surface area (Å²) in [6.07, 6.45) is 5.21. The number of hydrogen-bond donors (Lipinski definition) is 0. The van der Waals surface area contributed by atoms with E-state index in [9.17, 15) is 4.79 Å². The highest BCUT2D eigenvalue weighted by Crippen LogP contribution is 2.34. The van der Waals surface area contributed by atoms with Gasteiger partial charge in [-0.05, 0) is 44.0 Å². The van der Waals surface area contributed by atoms with Crippen LogP contribution in [0.5, 0.6) is 0 Å². The number of benzene rings is 1. The number of carbonyl (C=O) groups is 1. The standard InChI is InChI=1S/C20H21N3OS/c1-14(16-6-4-5-13-21-16)23(15-9-10-15)20(24)12-11-19-22-17-7-2-3-8-18(17)25-19/h2-8,13-15H,9-12H2,1H3/t14-/m0/s1. The van der Waals surface area contributed by atoms with Crippen LogP contribution in [0.1, 0.15) is 42.9 Å². The van der Waals surface area contributed by atoms with Crippen molar-refractivity contribution in [3.05, 3.63) is 59.4 Å². The van der Waals surface area contributed by atoms with Gasteiger partial charge in [-0.2, -0.15) is 0 Å². The zero-order valence-corrected chi connectivity index (χ0v) is 15.1. The normalized spacial score (nSPS) is 15.2. The number of amides is 1. The van der Waals surface area contributed by atoms with E-state index < -0.39 is 0 Å². The summed E-state index contributed by atoms with van der Waals surface area (Å²) >= 11 is 1.69. The molecule has 4 nitrogen and oxygen atoms in total. The lowest BCUT2D eigenvalue weighted by atomic mass is 10.1. The van der Waals surface area contributed by atoms with Gasteiger partial charge in [0.2, 0.25) is 5.91 Å². The predicted molar refractivity (Wildman–Crippen MR) is 100 cm³/mol. The minimum atomic E-state index is 0.0246. The minimum Gasteiger partial charge on any atom is -0.331 e. The smallest absolute Gasteiger partial charge is 0.223 e. The summed E-state index contributed by atoms with van der Waals surface area (Å²) < 4.78 is 1.19. The third kappa shape index (κ3) is 3.56. The van der Waals surface area contributed by atoms with Crippen LogP contribution in [0, 0.1) is 0 Å². The average molecular weight is 351 g/mol. The predicted octanol–water partition coefficient (Wildman–Crippen LogP) is 4.38. The van der Waals surface area contributed by atoms with Gasteiger partial charge >= 0.3 is 0 Å². The Bertz CT molecular complexity index is 840. The first-order chi connectivity index (χ1) is 12.2. The van der Waals surface area contributed by atoms with Crippen molar-refractivity contribution < 1.29 is 4.79 Å². The van der Waals surface area contributed by atoms with Gasteiger partial charge in [-0.3, -0.25) is 9.78 Å². The van der Waals surface area contributed by atoms with Crippen LogP contribution in [0.2, 0.25) is 0 Å². The number of aromatic nitrogens is 2. The van der Waals surface area contributed by atoms with Gasteiger partial charge < -0.3 is 4.90 Å². The summed E-state index contributed by atoms with van der Waals surface area (Å²) in [6, 6.07) is 14.4. The van der Waals surface area contributed by atoms with E-state index in [1.807, 2.05) is 41.3 Å². The second kappa shape index (κ2) is 6.92. The summed E-state index contributed by atoms with van der Waals surface area (Å²) in [5.74, 6) is 0.208. The summed E-state index contributed by atoms with van der Waals surface area (Å²) in [5, 5.41) is 1.04. The first-order valence-electron chi connectivity index (χ1n) is 8.79. The number of hydrogen-bond acceptors (Lipinski definition) is 4. The van der Waals surface area contributed by atoms with E-state index in [4.69, 9.17) is 0 Å². The highest BCUT2D eigenvalue weighted by atomic mass is 32.1. The quantitative estimate of drug-likeness (QED) is 0.662. The highest BCUT2D eigenvalue weighted by molar-refractivity contribution is 7.18. The van der Waals surface area contributed by atoms with Crippen molar-refractivity contribution >= 4 is 27.5 Å². The van der Waals surface area contributed by atoms with Gasteiger partial charge in [0, 0.05) is 25.1 Å². The Hall–Kier alpha value is -2.27. The molecule has 1 aliphatic carbocycles. The van der Waals surface area contributed by atoms with Crippen LogP contribution in [0.25, 0.3) is 10.2 Å². The van der Waals surface area contributed by atoms with E-state index in [0.29, 0.717) is 18.9 Å². The van der Waals surface area contributed by atoms with Crippen molar-refractivity contribution in [2.75, 3.05) is 0 Å². The number of para-hydroxylation sites is 1. The molecule has 0 saturated heterocycles. The number of nitrogens with zero attached hydrogens (tertiary/aromatic N) is 3. The van der Waals surface area contributed by atoms with Crippen molar-refractivity contribution in [2.24, 2.45) is 0 Å². The molecule has 1 aromatic carbocycles. The second-order valence-electron chi connectivity index (χ2n) is 6.54. The molecule has 1 aliphatic rings. The number of fused-ring (bicyclic) bond motifs is 1. The zero-order chi connectivity index (χ0) is 17.2. The topological polar surface area (TPSA) is 46.1 Å². The maximum Gasteiger partial charge on any atom is 0.223 e. The van der Waals surface area contributed by atoms with Crippen molar-refractivity contribution in [3.63, 3.8) is 0 Å². The van der Waals surface area contributed by atoms with Crippen LogP contribution in [-0.2, 0) is 11.2 Å². The van der Waals surface area contributed by atoms with Crippen LogP contribution in [0.15, 0.2) is 48.7 Å². The summed E-state index contributed by atoms with van der Waals surface area (Å²) in [4.78, 5) is 24.0. The SMILES string of the molecule is C[C@@H](c1ccccn1)N(C(=O)CCc1nc2ccccc2s1)C1CC1. The minimum absolute atomic E-state index is 0.0246. The van der Waals surface area contributed by atoms with Gasteiger partial charge in [0.15, 0.2) is 0 Å². The van der Waals surface area contributed by atoms with Crippen LogP contribution >= 0.6 is 11.3 Å². The molecule has 0 radical (unpaired) electrons. The van der Waals surface area contributed by atoms with Crippen LogP contribution < -0.4 is 0 Å². The third-order valence-corrected chi connectivity index (χ3v) is 5.75. The molecule has 0 bridgehead atoms. The molecule has 1 saturated carbocycles. The van der Waals surface area contributed by atoms with E-state index in [-0.39, 0.29) is 11.9 Å². The fraction of sp³-hybridized carbons (Fsp3) is 0.350. The van der Waals surface area contributed by atoms with E-state index in [0.717, 1.165) is 29.1 Å². The molecule has 3 aromatic rings. The van der Waals surface area contributed by atoms with E-state index in [1.165, 1.54) is 4.70 Å². The Kier molecular flexibility index (Phi) is 4.49. The van der Waals surface area contributed by atoms with Crippen LogP contribution in [0.3, 0.4) is 0 Å². The van der Waals surface area contributed by atoms with Crippen molar-refractivity contribution in [2.45, 2.75) is 44.7 Å². The molecule has 25 heavy (non-hydrogen) atoms. The summed E-state index contributed by atoms with van der Waals surface area (Å²) in [7, 11) is 0. The van der Waals surface area contributed by atoms with Gasteiger partial charge in [-0.25, -0.2) is 4.98 Å². The first kappa shape index (κ1) is 16.2. The fourth-order valence-corrected chi connectivity index (χ4v) is 4.19. The number of carbonyl (C=O) groups excluding carboxylic acids is 1. The first-order valence-corrected chi connectivity index (χ1v) is 9.60.